The standard InChI is InChI=1S/C19H22N4O4S/c1-12(2)9-17(19(24)25)23-28(26,27)14-5-3-13(4-6-14)10-16-18-15(7-8-20-16)21-11-22-18/h3-8,11-12,17,23H,9-10H2,1-2H3,(H,21,22)(H,24,25)/t17-/m0/s1. The highest BCUT2D eigenvalue weighted by atomic mass is 32.2. The van der Waals surface area contributed by atoms with Crippen molar-refractivity contribution in [2.45, 2.75) is 37.6 Å². The molecule has 3 aromatic rings. The highest BCUT2D eigenvalue weighted by molar-refractivity contribution is 7.89. The van der Waals surface area contributed by atoms with E-state index in [4.69, 9.17) is 0 Å². The van der Waals surface area contributed by atoms with Crippen molar-refractivity contribution in [3.8, 4) is 0 Å². The number of rotatable bonds is 8. The minimum Gasteiger partial charge on any atom is -0.480 e. The monoisotopic (exact) mass is 402 g/mol. The molecule has 2 heterocycles. The lowest BCUT2D eigenvalue weighted by Gasteiger charge is -2.16. The molecular formula is C19H22N4O4S. The molecule has 1 atom stereocenters. The highest BCUT2D eigenvalue weighted by Crippen LogP contribution is 2.18. The molecule has 0 aliphatic rings. The van der Waals surface area contributed by atoms with Gasteiger partial charge in [0.2, 0.25) is 10.0 Å². The molecule has 0 unspecified atom stereocenters. The van der Waals surface area contributed by atoms with E-state index < -0.39 is 22.0 Å². The Hall–Kier alpha value is -2.78. The Morgan fingerprint density at radius 3 is 2.54 bits per heavy atom. The number of benzene rings is 1. The van der Waals surface area contributed by atoms with E-state index in [1.54, 1.807) is 24.7 Å². The summed E-state index contributed by atoms with van der Waals surface area (Å²) >= 11 is 0. The second-order valence-corrected chi connectivity index (χ2v) is 8.73. The van der Waals surface area contributed by atoms with Crippen LogP contribution in [0.15, 0.2) is 47.8 Å². The van der Waals surface area contributed by atoms with Crippen molar-refractivity contribution >= 4 is 27.0 Å². The largest absolute Gasteiger partial charge is 0.480 e. The van der Waals surface area contributed by atoms with Gasteiger partial charge < -0.3 is 10.1 Å². The van der Waals surface area contributed by atoms with Crippen molar-refractivity contribution in [1.82, 2.24) is 19.7 Å². The molecule has 0 bridgehead atoms. The van der Waals surface area contributed by atoms with E-state index in [1.807, 2.05) is 19.9 Å². The number of hydrogen-bond donors (Lipinski definition) is 3. The van der Waals surface area contributed by atoms with E-state index in [1.165, 1.54) is 12.1 Å². The first-order valence-corrected chi connectivity index (χ1v) is 10.4. The number of imidazole rings is 1. The third kappa shape index (κ3) is 4.55. The lowest BCUT2D eigenvalue weighted by molar-refractivity contribution is -0.139. The first-order valence-electron chi connectivity index (χ1n) is 8.87. The summed E-state index contributed by atoms with van der Waals surface area (Å²) in [5, 5.41) is 9.27. The lowest BCUT2D eigenvalue weighted by Crippen LogP contribution is -2.41. The molecule has 3 rings (SSSR count). The first kappa shape index (κ1) is 20.0. The van der Waals surface area contributed by atoms with Gasteiger partial charge in [-0.05, 0) is 36.1 Å². The maximum atomic E-state index is 12.5. The van der Waals surface area contributed by atoms with Crippen LogP contribution in [-0.4, -0.2) is 40.5 Å². The summed E-state index contributed by atoms with van der Waals surface area (Å²) in [7, 11) is -3.93. The summed E-state index contributed by atoms with van der Waals surface area (Å²) in [5.41, 5.74) is 3.36. The Labute approximate surface area is 163 Å². The molecule has 0 amide bonds. The minimum absolute atomic E-state index is 0.0268. The Morgan fingerprint density at radius 1 is 1.18 bits per heavy atom. The molecule has 1 aromatic carbocycles. The summed E-state index contributed by atoms with van der Waals surface area (Å²) < 4.78 is 27.4. The maximum Gasteiger partial charge on any atom is 0.321 e. The van der Waals surface area contributed by atoms with Crippen molar-refractivity contribution in [3.05, 3.63) is 54.1 Å². The van der Waals surface area contributed by atoms with Gasteiger partial charge in [-0.1, -0.05) is 26.0 Å². The summed E-state index contributed by atoms with van der Waals surface area (Å²) in [6, 6.07) is 6.99. The molecule has 3 N–H and O–H groups in total. The number of sulfonamides is 1. The molecular weight excluding hydrogens is 380 g/mol. The number of H-pyrrole nitrogens is 1. The number of fused-ring (bicyclic) bond motifs is 1. The van der Waals surface area contributed by atoms with Gasteiger partial charge in [0.25, 0.3) is 0 Å². The van der Waals surface area contributed by atoms with Crippen LogP contribution in [0.25, 0.3) is 11.0 Å². The Morgan fingerprint density at radius 2 is 1.89 bits per heavy atom. The zero-order valence-electron chi connectivity index (χ0n) is 15.6. The van der Waals surface area contributed by atoms with Crippen molar-refractivity contribution < 1.29 is 18.3 Å². The molecule has 148 valence electrons. The van der Waals surface area contributed by atoms with Crippen LogP contribution in [0.3, 0.4) is 0 Å². The molecule has 2 aromatic heterocycles. The van der Waals surface area contributed by atoms with Crippen LogP contribution in [0.1, 0.15) is 31.5 Å². The number of nitrogens with one attached hydrogen (secondary N) is 2. The molecule has 0 saturated carbocycles. The van der Waals surface area contributed by atoms with Gasteiger partial charge in [0.15, 0.2) is 0 Å². The van der Waals surface area contributed by atoms with Gasteiger partial charge in [0.05, 0.1) is 28.0 Å². The second kappa shape index (κ2) is 8.07. The average Bonchev–Trinajstić information content (AvgIpc) is 3.11. The Kier molecular flexibility index (Phi) is 5.76. The molecule has 0 spiro atoms. The molecule has 0 saturated heterocycles. The minimum atomic E-state index is -3.93. The number of nitrogens with zero attached hydrogens (tertiary/aromatic N) is 2. The number of pyridine rings is 1. The van der Waals surface area contributed by atoms with E-state index >= 15 is 0 Å². The Balaban J connectivity index is 1.77. The number of carboxylic acids is 1. The van der Waals surface area contributed by atoms with E-state index in [2.05, 4.69) is 19.7 Å². The van der Waals surface area contributed by atoms with E-state index in [-0.39, 0.29) is 17.2 Å². The van der Waals surface area contributed by atoms with Crippen molar-refractivity contribution in [3.63, 3.8) is 0 Å². The summed E-state index contributed by atoms with van der Waals surface area (Å²) in [6.07, 6.45) is 4.01. The quantitative estimate of drug-likeness (QED) is 0.531. The van der Waals surface area contributed by atoms with Gasteiger partial charge in [-0.15, -0.1) is 0 Å². The highest BCUT2D eigenvalue weighted by Gasteiger charge is 2.26. The number of carbonyl (C=O) groups is 1. The number of hydrogen-bond acceptors (Lipinski definition) is 5. The van der Waals surface area contributed by atoms with Crippen LogP contribution in [-0.2, 0) is 21.2 Å². The van der Waals surface area contributed by atoms with Gasteiger partial charge >= 0.3 is 5.97 Å². The maximum absolute atomic E-state index is 12.5. The molecule has 0 aliphatic heterocycles. The summed E-state index contributed by atoms with van der Waals surface area (Å²) in [5.74, 6) is -1.14. The fourth-order valence-corrected chi connectivity index (χ4v) is 4.17. The zero-order valence-corrected chi connectivity index (χ0v) is 16.4. The van der Waals surface area contributed by atoms with Gasteiger partial charge in [-0.3, -0.25) is 9.78 Å². The molecule has 9 heteroatoms. The van der Waals surface area contributed by atoms with Crippen LogP contribution in [0, 0.1) is 5.92 Å². The average molecular weight is 402 g/mol. The lowest BCUT2D eigenvalue weighted by atomic mass is 10.1. The van der Waals surface area contributed by atoms with Crippen LogP contribution < -0.4 is 4.72 Å². The smallest absolute Gasteiger partial charge is 0.321 e. The predicted molar refractivity (Wildman–Crippen MR) is 104 cm³/mol. The fourth-order valence-electron chi connectivity index (χ4n) is 2.96. The zero-order chi connectivity index (χ0) is 20.3. The van der Waals surface area contributed by atoms with Gasteiger partial charge in [0.1, 0.15) is 6.04 Å². The predicted octanol–water partition coefficient (Wildman–Crippen LogP) is 2.33. The summed E-state index contributed by atoms with van der Waals surface area (Å²) in [6.45, 7) is 3.68. The van der Waals surface area contributed by atoms with Crippen LogP contribution in [0.4, 0.5) is 0 Å². The number of aliphatic carboxylic acids is 1. The van der Waals surface area contributed by atoms with Crippen LogP contribution >= 0.6 is 0 Å². The second-order valence-electron chi connectivity index (χ2n) is 7.02. The molecule has 0 aliphatic carbocycles. The van der Waals surface area contributed by atoms with Crippen molar-refractivity contribution in [2.75, 3.05) is 0 Å². The number of aromatic nitrogens is 3. The Bertz CT molecular complexity index is 1070. The number of aromatic amines is 1. The van der Waals surface area contributed by atoms with Crippen LogP contribution in [0.2, 0.25) is 0 Å². The third-order valence-electron chi connectivity index (χ3n) is 4.33. The van der Waals surface area contributed by atoms with E-state index in [9.17, 15) is 18.3 Å². The van der Waals surface area contributed by atoms with Gasteiger partial charge in [0, 0.05) is 12.6 Å². The van der Waals surface area contributed by atoms with Crippen molar-refractivity contribution in [1.29, 1.82) is 0 Å². The molecule has 0 fully saturated rings. The van der Waals surface area contributed by atoms with Crippen molar-refractivity contribution in [2.24, 2.45) is 5.92 Å². The molecule has 8 nitrogen and oxygen atoms in total. The van der Waals surface area contributed by atoms with Gasteiger partial charge in [-0.25, -0.2) is 13.4 Å². The first-order chi connectivity index (χ1) is 13.3. The van der Waals surface area contributed by atoms with E-state index in [0.717, 1.165) is 22.3 Å². The normalized spacial score (nSPS) is 13.1. The van der Waals surface area contributed by atoms with Gasteiger partial charge in [-0.2, -0.15) is 4.72 Å². The SMILES string of the molecule is CC(C)C[C@H](NS(=O)(=O)c1ccc(Cc2nccc3nc[nH]c23)cc1)C(=O)O. The molecule has 0 radical (unpaired) electrons. The molecule has 28 heavy (non-hydrogen) atoms. The third-order valence-corrected chi connectivity index (χ3v) is 5.82. The number of carboxylic acid groups (broad SMARTS) is 1. The summed E-state index contributed by atoms with van der Waals surface area (Å²) in [4.78, 5) is 23.0. The fraction of sp³-hybridized carbons (Fsp3) is 0.316. The topological polar surface area (TPSA) is 125 Å². The van der Waals surface area contributed by atoms with E-state index in [0.29, 0.717) is 6.42 Å². The van der Waals surface area contributed by atoms with Crippen LogP contribution in [0.5, 0.6) is 0 Å².